The summed E-state index contributed by atoms with van der Waals surface area (Å²) in [6, 6.07) is 40.1. The molecule has 2 unspecified atom stereocenters. The van der Waals surface area contributed by atoms with Crippen LogP contribution >= 0.6 is 0 Å². The first-order chi connectivity index (χ1) is 36.2. The molecule has 8 saturated carbocycles. The quantitative estimate of drug-likeness (QED) is 0.120. The van der Waals surface area contributed by atoms with Gasteiger partial charge in [-0.2, -0.15) is 0 Å². The average Bonchev–Trinajstić information content (AvgIpc) is 3.95. The first kappa shape index (κ1) is 50.1. The Morgan fingerprint density at radius 3 is 0.868 bits per heavy atom. The predicted octanol–water partition coefficient (Wildman–Crippen LogP) is 19.9. The van der Waals surface area contributed by atoms with Crippen molar-refractivity contribution in [3.8, 4) is 44.5 Å². The number of fused-ring (bicyclic) bond motifs is 2. The average molecular weight is 1090 g/mol. The molecule has 6 aromatic rings. The van der Waals surface area contributed by atoms with Crippen LogP contribution in [0.2, 0.25) is 9.26 Å². The van der Waals surface area contributed by atoms with E-state index in [4.69, 9.17) is 0 Å². The van der Waals surface area contributed by atoms with Crippen LogP contribution in [0.15, 0.2) is 108 Å². The number of allylic oxidation sites excluding steroid dienone is 2. The van der Waals surface area contributed by atoms with Gasteiger partial charge in [-0.25, -0.2) is 0 Å². The molecule has 16 rings (SSSR count). The summed E-state index contributed by atoms with van der Waals surface area (Å²) in [5.74, 6) is 5.58. The second-order valence-electron chi connectivity index (χ2n) is 29.9. The summed E-state index contributed by atoms with van der Waals surface area (Å²) < 4.78 is 6.92. The van der Waals surface area contributed by atoms with Crippen LogP contribution in [0.3, 0.4) is 0 Å². The fourth-order valence-corrected chi connectivity index (χ4v) is 40.6. The fraction of sp³-hybridized carbons (Fsp3) is 0.459. The van der Waals surface area contributed by atoms with E-state index in [-0.39, 0.29) is 0 Å². The number of rotatable bonds is 10. The van der Waals surface area contributed by atoms with Gasteiger partial charge in [-0.05, 0) is 0 Å². The van der Waals surface area contributed by atoms with Gasteiger partial charge in [-0.3, -0.25) is 0 Å². The molecule has 0 spiro atoms. The Kier molecular flexibility index (Phi) is 11.7. The Morgan fingerprint density at radius 2 is 0.605 bits per heavy atom. The van der Waals surface area contributed by atoms with Gasteiger partial charge in [0.25, 0.3) is 0 Å². The number of aryl methyl sites for hydroxylation is 8. The minimum atomic E-state index is -4.50. The molecular formula is C74H86SiZr. The Morgan fingerprint density at radius 1 is 0.368 bits per heavy atom. The number of hydrogen-bond donors (Lipinski definition) is 0. The van der Waals surface area contributed by atoms with E-state index in [2.05, 4.69) is 181 Å². The third-order valence-corrected chi connectivity index (χ3v) is 39.5. The van der Waals surface area contributed by atoms with Gasteiger partial charge < -0.3 is 0 Å². The van der Waals surface area contributed by atoms with E-state index in [1.54, 1.807) is 22.3 Å². The summed E-state index contributed by atoms with van der Waals surface area (Å²) in [4.78, 5) is 0. The van der Waals surface area contributed by atoms with Crippen LogP contribution < -0.4 is 0 Å². The molecule has 0 heterocycles. The van der Waals surface area contributed by atoms with Gasteiger partial charge in [0.2, 0.25) is 0 Å². The molecule has 0 aromatic heterocycles. The standard InChI is InChI=1S/2C36H39.2CH3.H2Si.Zr/c2*1-22-7-23(2)10-30(9-22)32-5-6-33(31-11-24(3)8-25(4)12-31)35-17-29(16-34(32)35)21-36-18-26-13-27(19-36)15-28(14-26)20-36;;;;/h2*5-12,16-17,26-28H,13-15,18-21H2,1-4H3;2*1H3;1H2;. The first-order valence-electron chi connectivity index (χ1n) is 30.4. The van der Waals surface area contributed by atoms with E-state index in [0.29, 0.717) is 18.1 Å². The minimum absolute atomic E-state index is 0.414. The monoisotopic (exact) mass is 1090 g/mol. The van der Waals surface area contributed by atoms with E-state index in [0.717, 1.165) is 35.5 Å². The van der Waals surface area contributed by atoms with Gasteiger partial charge in [0.05, 0.1) is 0 Å². The van der Waals surface area contributed by atoms with Crippen molar-refractivity contribution in [2.45, 2.75) is 162 Å². The molecule has 76 heavy (non-hydrogen) atoms. The second kappa shape index (κ2) is 17.7. The third-order valence-electron chi connectivity index (χ3n) is 22.1. The van der Waals surface area contributed by atoms with Crippen molar-refractivity contribution in [1.82, 2.24) is 0 Å². The van der Waals surface area contributed by atoms with Crippen LogP contribution in [-0.4, -0.2) is 6.88 Å². The van der Waals surface area contributed by atoms with Crippen LogP contribution in [0, 0.1) is 102 Å². The van der Waals surface area contributed by atoms with Crippen molar-refractivity contribution in [3.05, 3.63) is 175 Å². The maximum atomic E-state index is 3.05. The molecule has 390 valence electrons. The first-order valence-corrected chi connectivity index (χ1v) is 44.0. The van der Waals surface area contributed by atoms with Crippen LogP contribution in [0.1, 0.15) is 164 Å². The van der Waals surface area contributed by atoms with Crippen LogP contribution in [0.5, 0.6) is 0 Å². The van der Waals surface area contributed by atoms with E-state index < -0.39 is 17.4 Å². The van der Waals surface area contributed by atoms with Crippen LogP contribution in [0.4, 0.5) is 0 Å². The molecule has 0 saturated heterocycles. The molecule has 0 amide bonds. The Labute approximate surface area is 460 Å². The zero-order chi connectivity index (χ0) is 52.4. The van der Waals surface area contributed by atoms with Crippen molar-refractivity contribution < 1.29 is 17.4 Å². The summed E-state index contributed by atoms with van der Waals surface area (Å²) in [6.07, 6.45) is 26.1. The molecule has 0 N–H and O–H groups in total. The Hall–Kier alpha value is -4.10. The van der Waals surface area contributed by atoms with E-state index >= 15 is 0 Å². The van der Waals surface area contributed by atoms with E-state index in [9.17, 15) is 0 Å². The molecule has 10 aliphatic carbocycles. The van der Waals surface area contributed by atoms with Gasteiger partial charge in [0.15, 0.2) is 0 Å². The van der Waals surface area contributed by atoms with E-state index in [1.807, 2.05) is 11.1 Å². The normalized spacial score (nSPS) is 29.7. The molecule has 0 radical (unpaired) electrons. The van der Waals surface area contributed by atoms with Gasteiger partial charge in [-0.15, -0.1) is 0 Å². The van der Waals surface area contributed by atoms with Crippen LogP contribution in [0.25, 0.3) is 56.7 Å². The summed E-state index contributed by atoms with van der Waals surface area (Å²) in [7, 11) is 0. The number of benzene rings is 6. The summed E-state index contributed by atoms with van der Waals surface area (Å²) in [5.41, 5.74) is 33.6. The van der Waals surface area contributed by atoms with Crippen molar-refractivity contribution in [3.63, 3.8) is 0 Å². The molecule has 8 fully saturated rings. The zero-order valence-corrected chi connectivity index (χ0v) is 52.0. The molecule has 2 atom stereocenters. The van der Waals surface area contributed by atoms with E-state index in [1.165, 1.54) is 179 Å². The third kappa shape index (κ3) is 8.47. The summed E-state index contributed by atoms with van der Waals surface area (Å²) in [6.45, 7) is 21.3. The van der Waals surface area contributed by atoms with Crippen LogP contribution in [-0.2, 0) is 17.4 Å². The van der Waals surface area contributed by atoms with Crippen molar-refractivity contribution in [2.75, 3.05) is 0 Å². The maximum absolute atomic E-state index is 4.50. The van der Waals surface area contributed by atoms with Crippen molar-refractivity contribution >= 4 is 19.0 Å². The van der Waals surface area contributed by atoms with Crippen molar-refractivity contribution in [2.24, 2.45) is 46.3 Å². The van der Waals surface area contributed by atoms with Gasteiger partial charge in [0, 0.05) is 0 Å². The SMILES string of the molecule is Cc1cc(C)cc(-c2ccc(-c3cc(C)cc(C)c3)c3c2C=C(CC24CC5CC(CC(C5)C2)C4)[CH]3[Zr]([CH3])([CH3])(=[SiH2])[CH]2C(CC34CC5CC(CC(C5)C3)C4)=Cc3c(-c4cc(C)cc(C)c4)ccc(-c4cc(C)cc(C)c4)c32)c1. The molecule has 10 aliphatic rings. The second-order valence-corrected chi connectivity index (χ2v) is 60.4. The number of hydrogen-bond acceptors (Lipinski definition) is 0. The molecule has 0 nitrogen and oxygen atoms in total. The van der Waals surface area contributed by atoms with Gasteiger partial charge in [0.1, 0.15) is 0 Å². The van der Waals surface area contributed by atoms with Gasteiger partial charge >= 0.3 is 464 Å². The predicted molar refractivity (Wildman–Crippen MR) is 325 cm³/mol. The zero-order valence-electron chi connectivity index (χ0n) is 48.1. The Balaban J connectivity index is 1.06. The molecule has 8 bridgehead atoms. The van der Waals surface area contributed by atoms with Gasteiger partial charge in [-0.1, -0.05) is 0 Å². The fourth-order valence-electron chi connectivity index (χ4n) is 21.2. The molecular weight excluding hydrogens is 1010 g/mol. The summed E-state index contributed by atoms with van der Waals surface area (Å²) in [5, 5.41) is 0. The summed E-state index contributed by atoms with van der Waals surface area (Å²) >= 11 is -4.50. The molecule has 2 heteroatoms. The Bertz CT molecular complexity index is 3200. The molecule has 6 aromatic carbocycles. The topological polar surface area (TPSA) is 0 Å². The van der Waals surface area contributed by atoms with Crippen molar-refractivity contribution in [1.29, 1.82) is 0 Å². The molecule has 0 aliphatic heterocycles.